The van der Waals surface area contributed by atoms with Gasteiger partial charge < -0.3 is 20.9 Å². The smallest absolute Gasteiger partial charge is 0.258 e. The normalized spacial score (nSPS) is 10.3. The van der Waals surface area contributed by atoms with Gasteiger partial charge in [0.25, 0.3) is 11.8 Å². The van der Waals surface area contributed by atoms with Crippen molar-refractivity contribution in [2.75, 3.05) is 35.7 Å². The third-order valence-electron chi connectivity index (χ3n) is 5.26. The van der Waals surface area contributed by atoms with E-state index in [1.54, 1.807) is 60.5 Å². The Hall–Kier alpha value is -4.13. The maximum Gasteiger partial charge on any atom is 0.258 e. The second-order valence-corrected chi connectivity index (χ2v) is 7.87. The first-order chi connectivity index (χ1) is 16.5. The summed E-state index contributed by atoms with van der Waals surface area (Å²) in [6.07, 6.45) is 1.93. The summed E-state index contributed by atoms with van der Waals surface area (Å²) in [5.41, 5.74) is 3.14. The van der Waals surface area contributed by atoms with Crippen LogP contribution in [0.2, 0.25) is 0 Å². The van der Waals surface area contributed by atoms with Gasteiger partial charge in [0.2, 0.25) is 5.91 Å². The molecule has 0 aromatic heterocycles. The van der Waals surface area contributed by atoms with Gasteiger partial charge in [-0.2, -0.15) is 0 Å². The summed E-state index contributed by atoms with van der Waals surface area (Å²) in [6, 6.07) is 23.3. The number of carbonyl (C=O) groups excluding carboxylic acids is 3. The molecule has 3 aromatic rings. The van der Waals surface area contributed by atoms with Gasteiger partial charge in [-0.15, -0.1) is 0 Å². The standard InChI is InChI=1S/C27H30N4O3/c1-3-4-17-28-26(33)21-9-8-10-23(18-21)30-25(32)19-29-22-15-13-20(14-16-22)27(34)31(2)24-11-6-5-7-12-24/h5-16,18,29H,3-4,17,19H2,1-2H3,(H,28,33)(H,30,32). The Morgan fingerprint density at radius 2 is 1.56 bits per heavy atom. The third kappa shape index (κ3) is 6.93. The monoisotopic (exact) mass is 458 g/mol. The summed E-state index contributed by atoms with van der Waals surface area (Å²) in [5, 5.41) is 8.71. The lowest BCUT2D eigenvalue weighted by atomic mass is 10.1. The van der Waals surface area contributed by atoms with E-state index in [-0.39, 0.29) is 24.3 Å². The van der Waals surface area contributed by atoms with Crippen LogP contribution in [0, 0.1) is 0 Å². The van der Waals surface area contributed by atoms with Crippen LogP contribution in [0.3, 0.4) is 0 Å². The van der Waals surface area contributed by atoms with E-state index >= 15 is 0 Å². The Balaban J connectivity index is 1.51. The van der Waals surface area contributed by atoms with Crippen molar-refractivity contribution in [3.8, 4) is 0 Å². The molecule has 0 saturated carbocycles. The lowest BCUT2D eigenvalue weighted by Crippen LogP contribution is -2.26. The Bertz CT molecular complexity index is 1110. The van der Waals surface area contributed by atoms with Crippen molar-refractivity contribution in [1.29, 1.82) is 0 Å². The molecule has 0 radical (unpaired) electrons. The maximum atomic E-state index is 12.7. The van der Waals surface area contributed by atoms with Crippen LogP contribution in [0.15, 0.2) is 78.9 Å². The molecule has 3 aromatic carbocycles. The molecule has 3 rings (SSSR count). The first-order valence-corrected chi connectivity index (χ1v) is 11.3. The van der Waals surface area contributed by atoms with E-state index in [1.165, 1.54) is 0 Å². The minimum Gasteiger partial charge on any atom is -0.376 e. The average molecular weight is 459 g/mol. The van der Waals surface area contributed by atoms with Gasteiger partial charge in [0.1, 0.15) is 0 Å². The van der Waals surface area contributed by atoms with E-state index in [4.69, 9.17) is 0 Å². The second-order valence-electron chi connectivity index (χ2n) is 7.87. The highest BCUT2D eigenvalue weighted by Gasteiger charge is 2.13. The van der Waals surface area contributed by atoms with Crippen molar-refractivity contribution in [2.45, 2.75) is 19.8 Å². The van der Waals surface area contributed by atoms with Crippen molar-refractivity contribution in [3.05, 3.63) is 90.0 Å². The molecule has 0 aliphatic heterocycles. The van der Waals surface area contributed by atoms with Crippen molar-refractivity contribution in [2.24, 2.45) is 0 Å². The zero-order chi connectivity index (χ0) is 24.3. The third-order valence-corrected chi connectivity index (χ3v) is 5.26. The number of hydrogen-bond donors (Lipinski definition) is 3. The van der Waals surface area contributed by atoms with E-state index < -0.39 is 0 Å². The number of carbonyl (C=O) groups is 3. The molecule has 0 atom stereocenters. The van der Waals surface area contributed by atoms with Crippen LogP contribution in [0.5, 0.6) is 0 Å². The number of amides is 3. The topological polar surface area (TPSA) is 90.5 Å². The van der Waals surface area contributed by atoms with Gasteiger partial charge in [-0.1, -0.05) is 37.6 Å². The number of anilines is 3. The highest BCUT2D eigenvalue weighted by atomic mass is 16.2. The summed E-state index contributed by atoms with van der Waals surface area (Å²) in [7, 11) is 1.73. The van der Waals surface area contributed by atoms with Crippen LogP contribution in [0.4, 0.5) is 17.1 Å². The number of unbranched alkanes of at least 4 members (excludes halogenated alkanes) is 1. The summed E-state index contributed by atoms with van der Waals surface area (Å²) < 4.78 is 0. The molecule has 0 heterocycles. The number of nitrogens with one attached hydrogen (secondary N) is 3. The number of para-hydroxylation sites is 1. The highest BCUT2D eigenvalue weighted by molar-refractivity contribution is 6.06. The molecule has 0 aliphatic rings. The fourth-order valence-corrected chi connectivity index (χ4v) is 3.30. The van der Waals surface area contributed by atoms with Gasteiger partial charge in [0.15, 0.2) is 0 Å². The van der Waals surface area contributed by atoms with E-state index in [1.807, 2.05) is 30.3 Å². The Labute approximate surface area is 200 Å². The molecular formula is C27H30N4O3. The lowest BCUT2D eigenvalue weighted by Gasteiger charge is -2.17. The SMILES string of the molecule is CCCCNC(=O)c1cccc(NC(=O)CNc2ccc(C(=O)N(C)c3ccccc3)cc2)c1. The molecule has 0 fully saturated rings. The summed E-state index contributed by atoms with van der Waals surface area (Å²) in [6.45, 7) is 2.74. The zero-order valence-corrected chi connectivity index (χ0v) is 19.5. The van der Waals surface area contributed by atoms with Gasteiger partial charge in [-0.05, 0) is 61.0 Å². The first-order valence-electron chi connectivity index (χ1n) is 11.3. The molecule has 0 bridgehead atoms. The number of benzene rings is 3. The van der Waals surface area contributed by atoms with Crippen LogP contribution in [-0.2, 0) is 4.79 Å². The maximum absolute atomic E-state index is 12.7. The molecule has 3 N–H and O–H groups in total. The van der Waals surface area contributed by atoms with Crippen LogP contribution < -0.4 is 20.9 Å². The van der Waals surface area contributed by atoms with E-state index in [0.29, 0.717) is 23.4 Å². The van der Waals surface area contributed by atoms with Crippen molar-refractivity contribution in [1.82, 2.24) is 5.32 Å². The van der Waals surface area contributed by atoms with Gasteiger partial charge in [-0.3, -0.25) is 14.4 Å². The summed E-state index contributed by atoms with van der Waals surface area (Å²) >= 11 is 0. The Kier molecular flexibility index (Phi) is 8.80. The van der Waals surface area contributed by atoms with Gasteiger partial charge in [-0.25, -0.2) is 0 Å². The van der Waals surface area contributed by atoms with Gasteiger partial charge in [0, 0.05) is 41.8 Å². The number of nitrogens with zero attached hydrogens (tertiary/aromatic N) is 1. The molecule has 0 spiro atoms. The minimum absolute atomic E-state index is 0.0458. The molecule has 3 amide bonds. The molecular weight excluding hydrogens is 428 g/mol. The molecule has 7 heteroatoms. The predicted molar refractivity (Wildman–Crippen MR) is 136 cm³/mol. The van der Waals surface area contributed by atoms with E-state index in [2.05, 4.69) is 22.9 Å². The molecule has 0 unspecified atom stereocenters. The molecule has 0 saturated heterocycles. The van der Waals surface area contributed by atoms with Crippen LogP contribution in [0.25, 0.3) is 0 Å². The second kappa shape index (κ2) is 12.2. The van der Waals surface area contributed by atoms with Gasteiger partial charge in [0.05, 0.1) is 6.54 Å². The quantitative estimate of drug-likeness (QED) is 0.389. The van der Waals surface area contributed by atoms with Crippen molar-refractivity contribution >= 4 is 34.8 Å². The highest BCUT2D eigenvalue weighted by Crippen LogP contribution is 2.17. The molecule has 0 aliphatic carbocycles. The first kappa shape index (κ1) is 24.5. The fraction of sp³-hybridized carbons (Fsp3) is 0.222. The van der Waals surface area contributed by atoms with E-state index in [9.17, 15) is 14.4 Å². The van der Waals surface area contributed by atoms with Crippen LogP contribution >= 0.6 is 0 Å². The van der Waals surface area contributed by atoms with Gasteiger partial charge >= 0.3 is 0 Å². The average Bonchev–Trinajstić information content (AvgIpc) is 2.87. The Morgan fingerprint density at radius 3 is 2.26 bits per heavy atom. The molecule has 7 nitrogen and oxygen atoms in total. The molecule has 34 heavy (non-hydrogen) atoms. The fourth-order valence-electron chi connectivity index (χ4n) is 3.30. The summed E-state index contributed by atoms with van der Waals surface area (Å²) in [4.78, 5) is 38.8. The predicted octanol–water partition coefficient (Wildman–Crippen LogP) is 4.54. The van der Waals surface area contributed by atoms with Crippen molar-refractivity contribution < 1.29 is 14.4 Å². The summed E-state index contributed by atoms with van der Waals surface area (Å²) in [5.74, 6) is -0.517. The molecule has 176 valence electrons. The van der Waals surface area contributed by atoms with Crippen LogP contribution in [0.1, 0.15) is 40.5 Å². The van der Waals surface area contributed by atoms with Crippen LogP contribution in [-0.4, -0.2) is 37.9 Å². The number of rotatable bonds is 10. The zero-order valence-electron chi connectivity index (χ0n) is 19.5. The lowest BCUT2D eigenvalue weighted by molar-refractivity contribution is -0.114. The van der Waals surface area contributed by atoms with E-state index in [0.717, 1.165) is 24.2 Å². The Morgan fingerprint density at radius 1 is 0.824 bits per heavy atom. The van der Waals surface area contributed by atoms with Crippen molar-refractivity contribution in [3.63, 3.8) is 0 Å². The number of hydrogen-bond acceptors (Lipinski definition) is 4. The largest absolute Gasteiger partial charge is 0.376 e. The minimum atomic E-state index is -0.243.